The lowest BCUT2D eigenvalue weighted by atomic mass is 10.1. The Morgan fingerprint density at radius 3 is 0.930 bits per heavy atom. The number of carbonyl (C=O) groups is 1. The maximum atomic E-state index is 12.4. The molecule has 0 aromatic heterocycles. The Morgan fingerprint density at radius 1 is 0.400 bits per heavy atom. The Hall–Kier alpha value is -16.8. The zero-order chi connectivity index (χ0) is 72.4. The number of nitrogens with one attached hydrogen (secondary N) is 2. The van der Waals surface area contributed by atoms with Crippen molar-refractivity contribution in [1.29, 1.82) is 0 Å². The highest BCUT2D eigenvalue weighted by atomic mass is 16.7. The first-order valence-corrected chi connectivity index (χ1v) is 28.4. The molecule has 2 aliphatic rings. The number of isocyanates is 1. The number of hydrogen-bond donors (Lipinski definition) is 3. The summed E-state index contributed by atoms with van der Waals surface area (Å²) in [5.41, 5.74) is 129. The molecule has 0 fully saturated rings. The fourth-order valence-corrected chi connectivity index (χ4v) is 6.56. The summed E-state index contributed by atoms with van der Waals surface area (Å²) < 4.78 is 0. The van der Waals surface area contributed by atoms with Gasteiger partial charge in [0.25, 0.3) is 0 Å². The van der Waals surface area contributed by atoms with Crippen molar-refractivity contribution in [2.45, 2.75) is 66.8 Å². The lowest BCUT2D eigenvalue weighted by molar-refractivity contribution is -0.0805. The fraction of sp³-hybridized carbons (Fsp3) is 0.114. The topological polar surface area (TPSA) is 146 Å². The highest BCUT2D eigenvalue weighted by Gasteiger charge is 2.40. The molecule has 12 heteroatoms. The van der Waals surface area contributed by atoms with Crippen molar-refractivity contribution in [3.8, 4) is 0 Å². The number of nitrogens with two attached hydrogens (primary N) is 1. The number of amidine groups is 2. The van der Waals surface area contributed by atoms with Crippen molar-refractivity contribution in [3.05, 3.63) is 419 Å². The first-order valence-electron chi connectivity index (χ1n) is 28.4. The van der Waals surface area contributed by atoms with Gasteiger partial charge in [0.15, 0.2) is 11.7 Å². The van der Waals surface area contributed by atoms with Gasteiger partial charge in [-0.2, -0.15) is 4.99 Å². The van der Waals surface area contributed by atoms with E-state index in [1.807, 2.05) is 102 Å². The Labute approximate surface area is 578 Å². The van der Waals surface area contributed by atoms with Gasteiger partial charge >= 0.3 is 6.03 Å². The van der Waals surface area contributed by atoms with Gasteiger partial charge in [-0.3, -0.25) is 0 Å². The molecule has 12 nitrogen and oxygen atoms in total. The van der Waals surface area contributed by atoms with Crippen LogP contribution >= 0.6 is 0 Å². The van der Waals surface area contributed by atoms with Crippen LogP contribution in [0.15, 0.2) is 401 Å². The van der Waals surface area contributed by atoms with E-state index in [0.29, 0.717) is 23.0 Å². The zero-order valence-electron chi connectivity index (χ0n) is 55.1. The Bertz CT molecular complexity index is 5790. The van der Waals surface area contributed by atoms with Crippen molar-refractivity contribution in [3.63, 3.8) is 0 Å². The number of rotatable bonds is 5. The van der Waals surface area contributed by atoms with E-state index in [4.69, 9.17) is 15.5 Å². The van der Waals surface area contributed by atoms with Crippen LogP contribution in [0.5, 0.6) is 0 Å². The predicted molar refractivity (Wildman–Crippen MR) is 376 cm³/mol. The summed E-state index contributed by atoms with van der Waals surface area (Å²) >= 11 is 0. The van der Waals surface area contributed by atoms with Crippen LogP contribution in [0.2, 0.25) is 0 Å². The van der Waals surface area contributed by atoms with Gasteiger partial charge in [-0.1, -0.05) is 92.6 Å². The number of hydrogen-bond acceptors (Lipinski definition) is 10. The smallest absolute Gasteiger partial charge is 0.338 e. The van der Waals surface area contributed by atoms with E-state index >= 15 is 0 Å². The van der Waals surface area contributed by atoms with E-state index in [0.717, 1.165) is 22.3 Å². The van der Waals surface area contributed by atoms with Crippen LogP contribution in [0.4, 0.5) is 16.2 Å². The molecular weight excluding hydrogens is 1230 g/mol. The largest absolute Gasteiger partial charge is 0.364 e. The van der Waals surface area contributed by atoms with Gasteiger partial charge in [0.1, 0.15) is 0 Å². The van der Waals surface area contributed by atoms with E-state index in [2.05, 4.69) is 352 Å². The molecule has 4 N–H and O–H groups in total. The van der Waals surface area contributed by atoms with Gasteiger partial charge in [-0.25, -0.2) is 30.9 Å². The van der Waals surface area contributed by atoms with Gasteiger partial charge < -0.3 is 15.0 Å². The number of amides is 2. The maximum absolute atomic E-state index is 12.4. The number of para-hydroxylation sites is 2. The quantitative estimate of drug-likeness (QED) is 0.0780. The molecule has 0 atom stereocenters. The molecule has 0 bridgehead atoms. The maximum Gasteiger partial charge on any atom is 0.338 e. The molecule has 100 heavy (non-hydrogen) atoms. The van der Waals surface area contributed by atoms with Gasteiger partial charge in [-0.05, 0) is 209 Å². The molecule has 2 amide bonds. The minimum absolute atomic E-state index is 0.359. The number of benzene rings is 4. The molecule has 4 aromatic carbocycles. The van der Waals surface area contributed by atoms with Gasteiger partial charge in [0, 0.05) is 189 Å². The average Bonchev–Trinajstić information content (AvgIpc) is 1.76. The second kappa shape index (κ2) is 48.1. The summed E-state index contributed by atoms with van der Waals surface area (Å²) in [6, 6.07) is 30.2. The van der Waals surface area contributed by atoms with Gasteiger partial charge in [0.05, 0.1) is 5.69 Å². The molecule has 0 aliphatic carbocycles. The Kier molecular flexibility index (Phi) is 37.2. The average molecular weight is 1280 g/mol. The summed E-state index contributed by atoms with van der Waals surface area (Å²) in [5.74, 6) is 7.21. The monoisotopic (exact) mass is 1280 g/mol. The van der Waals surface area contributed by atoms with E-state index in [1.165, 1.54) is 17.2 Å². The van der Waals surface area contributed by atoms with Crippen LogP contribution in [-0.4, -0.2) is 45.3 Å². The minimum Gasteiger partial charge on any atom is -0.364 e. The van der Waals surface area contributed by atoms with Crippen LogP contribution in [0.1, 0.15) is 61.1 Å². The van der Waals surface area contributed by atoms with Crippen molar-refractivity contribution in [1.82, 2.24) is 15.4 Å². The number of aryl methyl sites for hydroxylation is 4. The fourth-order valence-electron chi connectivity index (χ4n) is 6.56. The number of oxime groups is 2. The standard InChI is InChI=1S/C50H4.C19H22N4O2.C12H17N3O.C7H5NO/c1-3-5-7-9-11-13-15-17-19-21-23-25-27-29-31-33-35-37-39-41-43-45-47-49-50-48-46-44-42-40-38-36-34-32-30-28-26-24-22-20-18-16-14-12-10-8-6-4-2;1-13-10-14(2)12-15(11-13)17-22-25-19(3,4)23(17)21-18(24)20-16-8-6-5-7-9-16;1-8-5-9(2)7-10(6-8)11-14-16-12(3,4)15(11)13;9-6-8-7-4-2-1-3-5-7/h1-2H2;5-12H,1-4H3,(H2,20,21,24);5-7H,13H2,1-4H3;1-5H. The third-order valence-corrected chi connectivity index (χ3v) is 10.4. The molecule has 6 rings (SSSR count). The molecule has 0 unspecified atom stereocenters. The Balaban J connectivity index is 0.000000419. The Morgan fingerprint density at radius 2 is 0.660 bits per heavy atom. The second-order valence-electron chi connectivity index (χ2n) is 18.9. The van der Waals surface area contributed by atoms with Gasteiger partial charge in [-0.15, -0.1) is 0 Å². The summed E-state index contributed by atoms with van der Waals surface area (Å²) in [6.07, 6.45) is 1.46. The normalized spacial score (nSPS) is 9.45. The SMILES string of the molecule is C=C=C=C=C=C=C=C=C=C=C=C=C=C=C=C=C=C=C=C=C=C=C=C=C=C=C=C=C=C=C=C=C=C=C=C=C=C=C=C=C=C=C=C=C=C=C=C=C=C.Cc1cc(C)cc(C2=NOC(C)(C)N2N)c1.Cc1cc(C)cc(C2=NOC(C)(C)N2NC(=O)Nc2ccccc2)c1.O=C=Nc1ccccc1. The summed E-state index contributed by atoms with van der Waals surface area (Å²) in [6.45, 7) is 22.2. The van der Waals surface area contributed by atoms with Gasteiger partial charge in [0.2, 0.25) is 17.5 Å². The van der Waals surface area contributed by atoms with E-state index < -0.39 is 11.4 Å². The van der Waals surface area contributed by atoms with Crippen LogP contribution < -0.4 is 16.6 Å². The van der Waals surface area contributed by atoms with Crippen LogP contribution in [-0.2, 0) is 14.5 Å². The number of anilines is 1. The molecule has 0 saturated heterocycles. The molecular formula is C88H48N8O4. The molecule has 0 spiro atoms. The highest BCUT2D eigenvalue weighted by Crippen LogP contribution is 2.27. The van der Waals surface area contributed by atoms with E-state index in [-0.39, 0.29) is 6.03 Å². The molecule has 2 aliphatic heterocycles. The lowest BCUT2D eigenvalue weighted by Crippen LogP contribution is -2.55. The van der Waals surface area contributed by atoms with Crippen molar-refractivity contribution >= 4 is 35.2 Å². The molecule has 464 valence electrons. The van der Waals surface area contributed by atoms with E-state index in [1.54, 1.807) is 22.2 Å². The van der Waals surface area contributed by atoms with Crippen LogP contribution in [0.3, 0.4) is 0 Å². The van der Waals surface area contributed by atoms with Crippen LogP contribution in [0, 0.1) is 27.7 Å². The number of carbonyl (C=O) groups excluding carboxylic acids is 2. The summed E-state index contributed by atoms with van der Waals surface area (Å²) in [4.78, 5) is 36.3. The van der Waals surface area contributed by atoms with Crippen molar-refractivity contribution in [2.75, 3.05) is 5.32 Å². The predicted octanol–water partition coefficient (Wildman–Crippen LogP) is 15.6. The first kappa shape index (κ1) is 77.5. The van der Waals surface area contributed by atoms with E-state index in [9.17, 15) is 9.59 Å². The summed E-state index contributed by atoms with van der Waals surface area (Å²) in [7, 11) is 0. The van der Waals surface area contributed by atoms with Crippen molar-refractivity contribution < 1.29 is 19.3 Å². The zero-order valence-corrected chi connectivity index (χ0v) is 55.1. The molecule has 0 radical (unpaired) electrons. The van der Waals surface area contributed by atoms with Crippen LogP contribution in [0.25, 0.3) is 0 Å². The number of aliphatic imine (C=N–C) groups is 1. The third kappa shape index (κ3) is 35.6. The number of urea groups is 1. The first-order chi connectivity index (χ1) is 48.6. The number of nitrogens with zero attached hydrogens (tertiary/aromatic N) is 5. The molecule has 4 aromatic rings. The summed E-state index contributed by atoms with van der Waals surface area (Å²) in [5, 5.41) is 14.2. The minimum atomic E-state index is -0.791. The second-order valence-corrected chi connectivity index (χ2v) is 18.9. The molecule has 0 saturated carbocycles. The molecule has 2 heterocycles. The van der Waals surface area contributed by atoms with Crippen molar-refractivity contribution in [2.24, 2.45) is 21.1 Å². The highest BCUT2D eigenvalue weighted by molar-refractivity contribution is 6.02. The lowest BCUT2D eigenvalue weighted by Gasteiger charge is -2.31. The number of hydrazine groups is 2. The third-order valence-electron chi connectivity index (χ3n) is 10.4.